The number of aryl methyl sites for hydroxylation is 1. The van der Waals surface area contributed by atoms with Crippen LogP contribution in [0.2, 0.25) is 0 Å². The van der Waals surface area contributed by atoms with Gasteiger partial charge in [-0.05, 0) is 58.1 Å². The van der Waals surface area contributed by atoms with Crippen LogP contribution in [0.15, 0.2) is 34.8 Å². The first kappa shape index (κ1) is 17.7. The number of benzene rings is 2. The summed E-state index contributed by atoms with van der Waals surface area (Å²) in [5, 5.41) is 3.75. The largest absolute Gasteiger partial charge is 0.493 e. The van der Waals surface area contributed by atoms with Gasteiger partial charge in [0.25, 0.3) is 0 Å². The lowest BCUT2D eigenvalue weighted by Gasteiger charge is -2.37. The maximum absolute atomic E-state index is 6.16. The van der Waals surface area contributed by atoms with Crippen LogP contribution in [-0.4, -0.2) is 20.8 Å². The zero-order chi connectivity index (χ0) is 18.3. The molecule has 0 spiro atoms. The highest BCUT2D eigenvalue weighted by atomic mass is 79.9. The first-order valence-electron chi connectivity index (χ1n) is 9.08. The Hall–Kier alpha value is -1.72. The Labute approximate surface area is 163 Å². The summed E-state index contributed by atoms with van der Waals surface area (Å²) in [7, 11) is 3.33. The molecule has 2 aliphatic heterocycles. The van der Waals surface area contributed by atoms with E-state index in [0.29, 0.717) is 5.92 Å². The fraction of sp³-hybridized carbons (Fsp3) is 0.429. The predicted molar refractivity (Wildman–Crippen MR) is 106 cm³/mol. The molecule has 0 aromatic heterocycles. The topological polar surface area (TPSA) is 39.7 Å². The molecule has 0 bridgehead atoms. The molecule has 2 aromatic carbocycles. The van der Waals surface area contributed by atoms with Crippen LogP contribution in [0.5, 0.6) is 11.5 Å². The summed E-state index contributed by atoms with van der Waals surface area (Å²) < 4.78 is 18.1. The fourth-order valence-electron chi connectivity index (χ4n) is 4.19. The lowest BCUT2D eigenvalue weighted by molar-refractivity contribution is 0.0828. The zero-order valence-corrected chi connectivity index (χ0v) is 16.9. The molecule has 2 aromatic rings. The molecule has 4 rings (SSSR count). The number of ether oxygens (including phenoxy) is 3. The summed E-state index contributed by atoms with van der Waals surface area (Å²) in [6.07, 6.45) is 2.23. The van der Waals surface area contributed by atoms with Gasteiger partial charge in [0, 0.05) is 23.8 Å². The average molecular weight is 418 g/mol. The van der Waals surface area contributed by atoms with Gasteiger partial charge in [0.1, 0.15) is 0 Å². The highest BCUT2D eigenvalue weighted by molar-refractivity contribution is 9.10. The lowest BCUT2D eigenvalue weighted by atomic mass is 9.80. The Kier molecular flexibility index (Phi) is 4.84. The predicted octanol–water partition coefficient (Wildman–Crippen LogP) is 5.27. The normalized spacial score (nSPS) is 23.8. The van der Waals surface area contributed by atoms with E-state index in [4.69, 9.17) is 14.2 Å². The van der Waals surface area contributed by atoms with E-state index in [-0.39, 0.29) is 12.1 Å². The number of halogens is 1. The molecule has 1 N–H and O–H groups in total. The van der Waals surface area contributed by atoms with Gasteiger partial charge in [0.15, 0.2) is 11.5 Å². The number of rotatable bonds is 4. The van der Waals surface area contributed by atoms with Gasteiger partial charge < -0.3 is 19.5 Å². The van der Waals surface area contributed by atoms with Crippen LogP contribution in [0.3, 0.4) is 0 Å². The minimum Gasteiger partial charge on any atom is -0.493 e. The third-order valence-corrected chi connectivity index (χ3v) is 6.11. The summed E-state index contributed by atoms with van der Waals surface area (Å²) in [5.74, 6) is 1.86. The van der Waals surface area contributed by atoms with E-state index in [1.54, 1.807) is 14.2 Å². The van der Waals surface area contributed by atoms with Crippen molar-refractivity contribution in [2.45, 2.75) is 31.9 Å². The van der Waals surface area contributed by atoms with E-state index in [0.717, 1.165) is 35.4 Å². The summed E-state index contributed by atoms with van der Waals surface area (Å²) in [4.78, 5) is 0. The van der Waals surface area contributed by atoms with Gasteiger partial charge in [0.05, 0.1) is 30.8 Å². The van der Waals surface area contributed by atoms with Gasteiger partial charge in [0.2, 0.25) is 0 Å². The third kappa shape index (κ3) is 2.87. The minimum absolute atomic E-state index is 0.148. The van der Waals surface area contributed by atoms with E-state index in [2.05, 4.69) is 58.5 Å². The van der Waals surface area contributed by atoms with Crippen molar-refractivity contribution < 1.29 is 14.2 Å². The molecule has 2 aliphatic rings. The first-order chi connectivity index (χ1) is 12.7. The Bertz CT molecular complexity index is 823. The quantitative estimate of drug-likeness (QED) is 0.734. The smallest absolute Gasteiger partial charge is 0.174 e. The fourth-order valence-corrected chi connectivity index (χ4v) is 4.81. The Morgan fingerprint density at radius 3 is 2.77 bits per heavy atom. The van der Waals surface area contributed by atoms with Crippen LogP contribution in [0.4, 0.5) is 5.69 Å². The number of methoxy groups -OCH3 is 2. The van der Waals surface area contributed by atoms with Gasteiger partial charge in [-0.2, -0.15) is 0 Å². The Balaban J connectivity index is 1.77. The highest BCUT2D eigenvalue weighted by Gasteiger charge is 2.41. The first-order valence-corrected chi connectivity index (χ1v) is 9.88. The average Bonchev–Trinajstić information content (AvgIpc) is 3.16. The Morgan fingerprint density at radius 2 is 2.04 bits per heavy atom. The summed E-state index contributed by atoms with van der Waals surface area (Å²) in [6, 6.07) is 11.1. The molecule has 1 saturated heterocycles. The molecule has 0 aliphatic carbocycles. The van der Waals surface area contributed by atoms with Crippen molar-refractivity contribution in [3.63, 3.8) is 0 Å². The zero-order valence-electron chi connectivity index (χ0n) is 15.3. The lowest BCUT2D eigenvalue weighted by Crippen LogP contribution is -2.29. The highest BCUT2D eigenvalue weighted by Crippen LogP contribution is 2.51. The molecule has 1 unspecified atom stereocenters. The van der Waals surface area contributed by atoms with Crippen molar-refractivity contribution in [1.29, 1.82) is 0 Å². The number of nitrogens with one attached hydrogen (secondary N) is 1. The van der Waals surface area contributed by atoms with Crippen LogP contribution in [0.1, 0.15) is 42.2 Å². The second kappa shape index (κ2) is 7.12. The third-order valence-electron chi connectivity index (χ3n) is 5.52. The van der Waals surface area contributed by atoms with E-state index in [1.807, 2.05) is 0 Å². The van der Waals surface area contributed by atoms with Crippen molar-refractivity contribution in [2.75, 3.05) is 26.1 Å². The van der Waals surface area contributed by atoms with Crippen molar-refractivity contribution in [3.8, 4) is 11.5 Å². The maximum Gasteiger partial charge on any atom is 0.174 e. The molecule has 5 heteroatoms. The van der Waals surface area contributed by atoms with Crippen molar-refractivity contribution in [1.82, 2.24) is 0 Å². The molecule has 26 heavy (non-hydrogen) atoms. The van der Waals surface area contributed by atoms with Gasteiger partial charge in [-0.15, -0.1) is 0 Å². The molecule has 3 atom stereocenters. The second-order valence-electron chi connectivity index (χ2n) is 6.88. The number of hydrogen-bond donors (Lipinski definition) is 1. The van der Waals surface area contributed by atoms with E-state index in [1.165, 1.54) is 22.4 Å². The maximum atomic E-state index is 6.16. The molecule has 1 fully saturated rings. The van der Waals surface area contributed by atoms with Gasteiger partial charge >= 0.3 is 0 Å². The van der Waals surface area contributed by atoms with Gasteiger partial charge in [-0.25, -0.2) is 0 Å². The van der Waals surface area contributed by atoms with Crippen molar-refractivity contribution in [2.24, 2.45) is 5.92 Å². The molecule has 0 saturated carbocycles. The Morgan fingerprint density at radius 1 is 1.19 bits per heavy atom. The van der Waals surface area contributed by atoms with E-state index < -0.39 is 0 Å². The van der Waals surface area contributed by atoms with Crippen molar-refractivity contribution >= 4 is 21.6 Å². The summed E-state index contributed by atoms with van der Waals surface area (Å²) >= 11 is 3.62. The van der Waals surface area contributed by atoms with Gasteiger partial charge in [-0.3, -0.25) is 0 Å². The molecule has 138 valence electrons. The number of fused-ring (bicyclic) bond motifs is 3. The van der Waals surface area contributed by atoms with E-state index >= 15 is 0 Å². The molecule has 0 radical (unpaired) electrons. The van der Waals surface area contributed by atoms with Crippen LogP contribution >= 0.6 is 15.9 Å². The van der Waals surface area contributed by atoms with E-state index in [9.17, 15) is 0 Å². The van der Waals surface area contributed by atoms with Crippen LogP contribution < -0.4 is 14.8 Å². The summed E-state index contributed by atoms with van der Waals surface area (Å²) in [5.41, 5.74) is 5.00. The molecular formula is C21H24BrNO3. The summed E-state index contributed by atoms with van der Waals surface area (Å²) in [6.45, 7) is 2.99. The number of hydrogen-bond acceptors (Lipinski definition) is 4. The monoisotopic (exact) mass is 417 g/mol. The molecule has 0 amide bonds. The van der Waals surface area contributed by atoms with Crippen LogP contribution in [-0.2, 0) is 11.2 Å². The minimum atomic E-state index is 0.148. The number of anilines is 1. The molecule has 2 heterocycles. The molecule has 4 nitrogen and oxygen atoms in total. The SMILES string of the molecule is CCc1ccc2c(c1)[C@H]1OCC[C@H]1C(c1cc(Br)c(OC)c(OC)c1)N2. The van der Waals surface area contributed by atoms with Crippen LogP contribution in [0.25, 0.3) is 0 Å². The van der Waals surface area contributed by atoms with Crippen molar-refractivity contribution in [3.05, 3.63) is 51.5 Å². The molecular weight excluding hydrogens is 394 g/mol. The standard InChI is InChI=1S/C21H24BrNO3/c1-4-12-5-6-17-15(9-12)20-14(7-8-26-20)19(23-17)13-10-16(22)21(25-3)18(11-13)24-2/h5-6,9-11,14,19-20,23H,4,7-8H2,1-3H3/t14-,19?,20-/m0/s1. The van der Waals surface area contributed by atoms with Gasteiger partial charge in [-0.1, -0.05) is 19.1 Å². The second-order valence-corrected chi connectivity index (χ2v) is 7.73. The van der Waals surface area contributed by atoms with Crippen LogP contribution in [0, 0.1) is 5.92 Å².